The van der Waals surface area contributed by atoms with Crippen molar-refractivity contribution in [2.75, 3.05) is 7.11 Å². The molecular formula is C15H15ClO. The van der Waals surface area contributed by atoms with E-state index in [-0.39, 0.29) is 5.92 Å². The largest absolute Gasteiger partial charge is 0.497 e. The second-order valence-corrected chi connectivity index (χ2v) is 4.42. The van der Waals surface area contributed by atoms with Crippen LogP contribution in [0.25, 0.3) is 0 Å². The molecule has 0 N–H and O–H groups in total. The van der Waals surface area contributed by atoms with E-state index in [1.807, 2.05) is 30.3 Å². The van der Waals surface area contributed by atoms with Crippen LogP contribution in [0.15, 0.2) is 48.5 Å². The molecule has 1 unspecified atom stereocenters. The predicted molar refractivity (Wildman–Crippen MR) is 72.0 cm³/mol. The van der Waals surface area contributed by atoms with Gasteiger partial charge in [0.2, 0.25) is 0 Å². The lowest BCUT2D eigenvalue weighted by atomic mass is 9.93. The Morgan fingerprint density at radius 3 is 2.24 bits per heavy atom. The minimum Gasteiger partial charge on any atom is -0.497 e. The molecule has 0 bridgehead atoms. The van der Waals surface area contributed by atoms with Crippen molar-refractivity contribution in [3.8, 4) is 5.75 Å². The SMILES string of the molecule is COc1ccc(C(C)c2ccccc2Cl)cc1. The highest BCUT2D eigenvalue weighted by atomic mass is 35.5. The van der Waals surface area contributed by atoms with Gasteiger partial charge in [-0.25, -0.2) is 0 Å². The predicted octanol–water partition coefficient (Wildman–Crippen LogP) is 4.50. The topological polar surface area (TPSA) is 9.23 Å². The summed E-state index contributed by atoms with van der Waals surface area (Å²) in [5.41, 5.74) is 2.39. The van der Waals surface area contributed by atoms with Gasteiger partial charge in [0.1, 0.15) is 5.75 Å². The standard InChI is InChI=1S/C15H15ClO/c1-11(14-5-3-4-6-15(14)16)12-7-9-13(17-2)10-8-12/h3-11H,1-2H3. The minimum absolute atomic E-state index is 0.287. The van der Waals surface area contributed by atoms with Crippen molar-refractivity contribution in [1.82, 2.24) is 0 Å². The number of rotatable bonds is 3. The van der Waals surface area contributed by atoms with Gasteiger partial charge in [0, 0.05) is 10.9 Å². The maximum Gasteiger partial charge on any atom is 0.118 e. The van der Waals surface area contributed by atoms with Crippen molar-refractivity contribution in [1.29, 1.82) is 0 Å². The van der Waals surface area contributed by atoms with Crippen LogP contribution in [0.2, 0.25) is 5.02 Å². The van der Waals surface area contributed by atoms with Crippen molar-refractivity contribution in [2.24, 2.45) is 0 Å². The number of benzene rings is 2. The van der Waals surface area contributed by atoms with E-state index in [0.29, 0.717) is 0 Å². The van der Waals surface area contributed by atoms with E-state index in [1.165, 1.54) is 5.56 Å². The van der Waals surface area contributed by atoms with Gasteiger partial charge in [0.05, 0.1) is 7.11 Å². The maximum atomic E-state index is 6.20. The molecule has 0 spiro atoms. The Morgan fingerprint density at radius 1 is 1.00 bits per heavy atom. The van der Waals surface area contributed by atoms with Gasteiger partial charge in [0.25, 0.3) is 0 Å². The summed E-state index contributed by atoms with van der Waals surface area (Å²) in [6.07, 6.45) is 0. The molecule has 0 heterocycles. The second kappa shape index (κ2) is 5.24. The molecule has 17 heavy (non-hydrogen) atoms. The number of methoxy groups -OCH3 is 1. The molecule has 0 aromatic heterocycles. The average Bonchev–Trinajstić information content (AvgIpc) is 2.39. The van der Waals surface area contributed by atoms with Crippen molar-refractivity contribution >= 4 is 11.6 Å². The Bertz CT molecular complexity index is 491. The van der Waals surface area contributed by atoms with Gasteiger partial charge in [-0.2, -0.15) is 0 Å². The normalized spacial score (nSPS) is 12.2. The molecule has 1 atom stereocenters. The quantitative estimate of drug-likeness (QED) is 0.775. The number of ether oxygens (including phenoxy) is 1. The molecule has 0 aliphatic heterocycles. The van der Waals surface area contributed by atoms with Gasteiger partial charge in [-0.05, 0) is 29.3 Å². The zero-order valence-electron chi connectivity index (χ0n) is 9.98. The minimum atomic E-state index is 0.287. The summed E-state index contributed by atoms with van der Waals surface area (Å²) >= 11 is 6.20. The summed E-state index contributed by atoms with van der Waals surface area (Å²) in [5.74, 6) is 1.16. The summed E-state index contributed by atoms with van der Waals surface area (Å²) in [5, 5.41) is 0.816. The molecule has 0 fully saturated rings. The van der Waals surface area contributed by atoms with Gasteiger partial charge in [-0.15, -0.1) is 0 Å². The van der Waals surface area contributed by atoms with E-state index in [0.717, 1.165) is 16.3 Å². The van der Waals surface area contributed by atoms with E-state index in [1.54, 1.807) is 7.11 Å². The van der Waals surface area contributed by atoms with Gasteiger partial charge >= 0.3 is 0 Å². The zero-order chi connectivity index (χ0) is 12.3. The molecule has 2 aromatic rings. The van der Waals surface area contributed by atoms with Gasteiger partial charge in [0.15, 0.2) is 0 Å². The Kier molecular flexibility index (Phi) is 3.70. The molecular weight excluding hydrogens is 232 g/mol. The molecule has 0 aliphatic carbocycles. The Hall–Kier alpha value is -1.47. The van der Waals surface area contributed by atoms with Crippen LogP contribution in [-0.4, -0.2) is 7.11 Å². The maximum absolute atomic E-state index is 6.20. The van der Waals surface area contributed by atoms with E-state index in [2.05, 4.69) is 25.1 Å². The highest BCUT2D eigenvalue weighted by molar-refractivity contribution is 6.31. The lowest BCUT2D eigenvalue weighted by Crippen LogP contribution is -1.96. The molecule has 88 valence electrons. The Labute approximate surface area is 107 Å². The highest BCUT2D eigenvalue weighted by Gasteiger charge is 2.11. The zero-order valence-corrected chi connectivity index (χ0v) is 10.7. The molecule has 0 amide bonds. The van der Waals surface area contributed by atoms with Crippen LogP contribution in [0.5, 0.6) is 5.75 Å². The van der Waals surface area contributed by atoms with Crippen LogP contribution >= 0.6 is 11.6 Å². The van der Waals surface area contributed by atoms with Crippen LogP contribution in [0.4, 0.5) is 0 Å². The summed E-state index contributed by atoms with van der Waals surface area (Å²) in [4.78, 5) is 0. The van der Waals surface area contributed by atoms with Crippen LogP contribution < -0.4 is 4.74 Å². The average molecular weight is 247 g/mol. The van der Waals surface area contributed by atoms with Crippen LogP contribution in [0.3, 0.4) is 0 Å². The summed E-state index contributed by atoms with van der Waals surface area (Å²) < 4.78 is 5.15. The first kappa shape index (κ1) is 12.0. The van der Waals surface area contributed by atoms with Crippen molar-refractivity contribution in [3.63, 3.8) is 0 Å². The van der Waals surface area contributed by atoms with E-state index < -0.39 is 0 Å². The summed E-state index contributed by atoms with van der Waals surface area (Å²) in [6, 6.07) is 16.1. The first-order chi connectivity index (χ1) is 8.22. The molecule has 0 aliphatic rings. The van der Waals surface area contributed by atoms with Crippen LogP contribution in [0, 0.1) is 0 Å². The number of hydrogen-bond acceptors (Lipinski definition) is 1. The smallest absolute Gasteiger partial charge is 0.118 e. The summed E-state index contributed by atoms with van der Waals surface area (Å²) in [7, 11) is 1.67. The summed E-state index contributed by atoms with van der Waals surface area (Å²) in [6.45, 7) is 2.16. The molecule has 2 heteroatoms. The first-order valence-electron chi connectivity index (χ1n) is 5.60. The Morgan fingerprint density at radius 2 is 1.65 bits per heavy atom. The van der Waals surface area contributed by atoms with E-state index in [4.69, 9.17) is 16.3 Å². The molecule has 2 rings (SSSR count). The fourth-order valence-corrected chi connectivity index (χ4v) is 2.20. The second-order valence-electron chi connectivity index (χ2n) is 4.02. The molecule has 2 aromatic carbocycles. The molecule has 0 saturated heterocycles. The van der Waals surface area contributed by atoms with Crippen molar-refractivity contribution in [2.45, 2.75) is 12.8 Å². The third-order valence-electron chi connectivity index (χ3n) is 2.99. The first-order valence-corrected chi connectivity index (χ1v) is 5.98. The third-order valence-corrected chi connectivity index (χ3v) is 3.33. The van der Waals surface area contributed by atoms with Gasteiger partial charge in [-0.3, -0.25) is 0 Å². The fraction of sp³-hybridized carbons (Fsp3) is 0.200. The fourth-order valence-electron chi connectivity index (χ4n) is 1.90. The van der Waals surface area contributed by atoms with Crippen LogP contribution in [0.1, 0.15) is 24.0 Å². The van der Waals surface area contributed by atoms with Crippen molar-refractivity contribution in [3.05, 3.63) is 64.7 Å². The number of halogens is 1. The molecule has 0 radical (unpaired) electrons. The molecule has 0 saturated carbocycles. The van der Waals surface area contributed by atoms with Crippen LogP contribution in [-0.2, 0) is 0 Å². The highest BCUT2D eigenvalue weighted by Crippen LogP contribution is 2.30. The molecule has 1 nitrogen and oxygen atoms in total. The Balaban J connectivity index is 2.30. The van der Waals surface area contributed by atoms with E-state index in [9.17, 15) is 0 Å². The van der Waals surface area contributed by atoms with Crippen molar-refractivity contribution < 1.29 is 4.74 Å². The lowest BCUT2D eigenvalue weighted by Gasteiger charge is -2.14. The van der Waals surface area contributed by atoms with Gasteiger partial charge in [-0.1, -0.05) is 48.9 Å². The third kappa shape index (κ3) is 2.62. The van der Waals surface area contributed by atoms with E-state index >= 15 is 0 Å². The number of hydrogen-bond donors (Lipinski definition) is 0. The van der Waals surface area contributed by atoms with Gasteiger partial charge < -0.3 is 4.74 Å². The monoisotopic (exact) mass is 246 g/mol. The lowest BCUT2D eigenvalue weighted by molar-refractivity contribution is 0.414.